The number of hydrogen-bond acceptors (Lipinski definition) is 8. The molecule has 2 heterocycles. The molecule has 0 radical (unpaired) electrons. The van der Waals surface area contributed by atoms with E-state index in [0.29, 0.717) is 22.4 Å². The number of esters is 1. The fourth-order valence-electron chi connectivity index (χ4n) is 2.00. The first-order valence-corrected chi connectivity index (χ1v) is 8.56. The number of benzene rings is 1. The summed E-state index contributed by atoms with van der Waals surface area (Å²) < 4.78 is 15.5. The third-order valence-corrected chi connectivity index (χ3v) is 4.11. The summed E-state index contributed by atoms with van der Waals surface area (Å²) in [4.78, 5) is 22.4. The number of methoxy groups -OCH3 is 1. The van der Waals surface area contributed by atoms with Crippen LogP contribution >= 0.6 is 11.8 Å². The Morgan fingerprint density at radius 3 is 2.81 bits per heavy atom. The zero-order valence-electron chi connectivity index (χ0n) is 13.8. The lowest BCUT2D eigenvalue weighted by Gasteiger charge is -2.04. The highest BCUT2D eigenvalue weighted by Gasteiger charge is 2.15. The van der Waals surface area contributed by atoms with E-state index in [0.717, 1.165) is 5.56 Å². The Morgan fingerprint density at radius 2 is 2.12 bits per heavy atom. The Labute approximate surface area is 153 Å². The highest BCUT2D eigenvalue weighted by molar-refractivity contribution is 8.15. The molecular weight excluding hydrogens is 358 g/mol. The van der Waals surface area contributed by atoms with Crippen LogP contribution in [-0.4, -0.2) is 36.1 Å². The van der Waals surface area contributed by atoms with E-state index in [9.17, 15) is 9.59 Å². The van der Waals surface area contributed by atoms with Gasteiger partial charge in [0.1, 0.15) is 18.1 Å². The second-order valence-electron chi connectivity index (χ2n) is 5.10. The first-order valence-electron chi connectivity index (χ1n) is 7.57. The van der Waals surface area contributed by atoms with E-state index in [1.165, 1.54) is 24.9 Å². The molecule has 0 spiro atoms. The van der Waals surface area contributed by atoms with E-state index in [-0.39, 0.29) is 18.3 Å². The molecule has 1 N–H and O–H groups in total. The van der Waals surface area contributed by atoms with Crippen molar-refractivity contribution in [1.29, 1.82) is 0 Å². The molecule has 1 amide bonds. The molecule has 134 valence electrons. The molecular formula is C17H15N3O5S. The highest BCUT2D eigenvalue weighted by Crippen LogP contribution is 2.16. The fourth-order valence-corrected chi connectivity index (χ4v) is 2.63. The molecule has 1 fully saturated rings. The van der Waals surface area contributed by atoms with Crippen LogP contribution in [0.1, 0.15) is 21.9 Å². The topological polar surface area (TPSA) is 102 Å². The van der Waals surface area contributed by atoms with Crippen molar-refractivity contribution in [2.24, 2.45) is 10.2 Å². The van der Waals surface area contributed by atoms with Crippen LogP contribution in [0.4, 0.5) is 0 Å². The minimum atomic E-state index is -0.529. The lowest BCUT2D eigenvalue weighted by atomic mass is 10.2. The van der Waals surface area contributed by atoms with Gasteiger partial charge in [-0.1, -0.05) is 11.8 Å². The SMILES string of the molecule is COC(=O)c1ccc(COc2ccc(C=NN=C3NC(=O)CS3)cc2)o1. The molecule has 1 saturated heterocycles. The van der Waals surface area contributed by atoms with Gasteiger partial charge in [-0.15, -0.1) is 5.10 Å². The van der Waals surface area contributed by atoms with Gasteiger partial charge in [0.15, 0.2) is 5.17 Å². The number of furan rings is 1. The van der Waals surface area contributed by atoms with Gasteiger partial charge in [0, 0.05) is 0 Å². The summed E-state index contributed by atoms with van der Waals surface area (Å²) in [5.41, 5.74) is 0.835. The molecule has 9 heteroatoms. The van der Waals surface area contributed by atoms with Gasteiger partial charge in [-0.05, 0) is 42.0 Å². The molecule has 0 aliphatic carbocycles. The number of ether oxygens (including phenoxy) is 2. The predicted octanol–water partition coefficient (Wildman–Crippen LogP) is 2.20. The van der Waals surface area contributed by atoms with Gasteiger partial charge >= 0.3 is 5.97 Å². The van der Waals surface area contributed by atoms with Crippen molar-refractivity contribution in [1.82, 2.24) is 5.32 Å². The van der Waals surface area contributed by atoms with E-state index >= 15 is 0 Å². The summed E-state index contributed by atoms with van der Waals surface area (Å²) >= 11 is 1.32. The van der Waals surface area contributed by atoms with Crippen molar-refractivity contribution >= 4 is 35.0 Å². The van der Waals surface area contributed by atoms with E-state index in [1.54, 1.807) is 24.4 Å². The second kappa shape index (κ2) is 8.34. The first kappa shape index (κ1) is 17.7. The molecule has 8 nitrogen and oxygen atoms in total. The third kappa shape index (κ3) is 4.73. The van der Waals surface area contributed by atoms with Crippen molar-refractivity contribution in [2.45, 2.75) is 6.61 Å². The molecule has 1 aliphatic rings. The van der Waals surface area contributed by atoms with Crippen LogP contribution in [0.15, 0.2) is 51.0 Å². The van der Waals surface area contributed by atoms with Gasteiger partial charge < -0.3 is 19.2 Å². The number of thioether (sulfide) groups is 1. The minimum absolute atomic E-state index is 0.0688. The predicted molar refractivity (Wildman–Crippen MR) is 96.5 cm³/mol. The molecule has 0 bridgehead atoms. The number of carbonyl (C=O) groups excluding carboxylic acids is 2. The number of nitrogens with zero attached hydrogens (tertiary/aromatic N) is 2. The van der Waals surface area contributed by atoms with Crippen molar-refractivity contribution < 1.29 is 23.5 Å². The second-order valence-corrected chi connectivity index (χ2v) is 6.07. The van der Waals surface area contributed by atoms with Crippen molar-refractivity contribution in [3.8, 4) is 5.75 Å². The maximum absolute atomic E-state index is 11.3. The van der Waals surface area contributed by atoms with Gasteiger partial charge in [-0.2, -0.15) is 5.10 Å². The Bertz CT molecular complexity index is 858. The maximum atomic E-state index is 11.3. The summed E-state index contributed by atoms with van der Waals surface area (Å²) in [5, 5.41) is 11.0. The molecule has 1 aromatic heterocycles. The van der Waals surface area contributed by atoms with E-state index in [4.69, 9.17) is 9.15 Å². The van der Waals surface area contributed by atoms with Crippen molar-refractivity contribution in [3.63, 3.8) is 0 Å². The summed E-state index contributed by atoms with van der Waals surface area (Å²) in [6.45, 7) is 0.189. The van der Waals surface area contributed by atoms with Crippen LogP contribution in [-0.2, 0) is 16.1 Å². The minimum Gasteiger partial charge on any atom is -0.486 e. The third-order valence-electron chi connectivity index (χ3n) is 3.25. The van der Waals surface area contributed by atoms with Crippen LogP contribution in [0, 0.1) is 0 Å². The highest BCUT2D eigenvalue weighted by atomic mass is 32.2. The number of nitrogens with one attached hydrogen (secondary N) is 1. The van der Waals surface area contributed by atoms with E-state index in [2.05, 4.69) is 20.3 Å². The number of amides is 1. The summed E-state index contributed by atoms with van der Waals surface area (Å²) in [6, 6.07) is 10.4. The lowest BCUT2D eigenvalue weighted by molar-refractivity contribution is -0.116. The molecule has 1 aliphatic heterocycles. The van der Waals surface area contributed by atoms with Gasteiger partial charge in [-0.3, -0.25) is 4.79 Å². The maximum Gasteiger partial charge on any atom is 0.373 e. The monoisotopic (exact) mass is 373 g/mol. The smallest absolute Gasteiger partial charge is 0.373 e. The normalized spacial score (nSPS) is 15.4. The Hall–Kier alpha value is -3.07. The molecule has 0 unspecified atom stereocenters. The molecule has 26 heavy (non-hydrogen) atoms. The molecule has 1 aromatic carbocycles. The number of rotatable bonds is 6. The fraction of sp³-hybridized carbons (Fsp3) is 0.176. The van der Waals surface area contributed by atoms with E-state index in [1.807, 2.05) is 12.1 Å². The standard InChI is InChI=1S/C17H15N3O5S/c1-23-16(22)14-7-6-13(25-14)9-24-12-4-2-11(3-5-12)8-18-20-17-19-15(21)10-26-17/h2-8H,9-10H2,1H3,(H,19,20,21). The number of amidine groups is 1. The van der Waals surface area contributed by atoms with Crippen molar-refractivity contribution in [3.05, 3.63) is 53.5 Å². The molecule has 0 saturated carbocycles. The average molecular weight is 373 g/mol. The Balaban J connectivity index is 1.52. The molecule has 0 atom stereocenters. The van der Waals surface area contributed by atoms with E-state index < -0.39 is 5.97 Å². The summed E-state index contributed by atoms with van der Waals surface area (Å²) in [7, 11) is 1.29. The van der Waals surface area contributed by atoms with Gasteiger partial charge in [0.25, 0.3) is 0 Å². The number of hydrogen-bond donors (Lipinski definition) is 1. The quantitative estimate of drug-likeness (QED) is 0.473. The Kier molecular flexibility index (Phi) is 5.69. The lowest BCUT2D eigenvalue weighted by Crippen LogP contribution is -2.19. The van der Waals surface area contributed by atoms with Crippen LogP contribution in [0.2, 0.25) is 0 Å². The van der Waals surface area contributed by atoms with Crippen LogP contribution in [0.5, 0.6) is 5.75 Å². The van der Waals surface area contributed by atoms with Crippen LogP contribution in [0.25, 0.3) is 0 Å². The van der Waals surface area contributed by atoms with Crippen molar-refractivity contribution in [2.75, 3.05) is 12.9 Å². The summed E-state index contributed by atoms with van der Waals surface area (Å²) in [6.07, 6.45) is 1.58. The largest absolute Gasteiger partial charge is 0.486 e. The Morgan fingerprint density at radius 1 is 1.31 bits per heavy atom. The summed E-state index contributed by atoms with van der Waals surface area (Å²) in [5.74, 6) is 1.07. The zero-order valence-corrected chi connectivity index (χ0v) is 14.6. The van der Waals surface area contributed by atoms with Crippen LogP contribution < -0.4 is 10.1 Å². The molecule has 2 aromatic rings. The first-order chi connectivity index (χ1) is 12.6. The van der Waals surface area contributed by atoms with Gasteiger partial charge in [-0.25, -0.2) is 4.79 Å². The number of carbonyl (C=O) groups is 2. The zero-order chi connectivity index (χ0) is 18.4. The van der Waals surface area contributed by atoms with Crippen LogP contribution in [0.3, 0.4) is 0 Å². The van der Waals surface area contributed by atoms with Gasteiger partial charge in [0.2, 0.25) is 11.7 Å². The average Bonchev–Trinajstić information content (AvgIpc) is 3.29. The van der Waals surface area contributed by atoms with Gasteiger partial charge in [0.05, 0.1) is 19.1 Å². The molecule has 3 rings (SSSR count).